The van der Waals surface area contributed by atoms with Gasteiger partial charge in [0.15, 0.2) is 0 Å². The predicted octanol–water partition coefficient (Wildman–Crippen LogP) is 5.23. The van der Waals surface area contributed by atoms with Crippen LogP contribution in [-0.4, -0.2) is 0 Å². The molecule has 2 aromatic rings. The average Bonchev–Trinajstić information content (AvgIpc) is 2.70. The molecule has 1 atom stereocenters. The first-order valence-electron chi connectivity index (χ1n) is 6.13. The normalized spacial score (nSPS) is 17.3. The van der Waals surface area contributed by atoms with Gasteiger partial charge in [-0.25, -0.2) is 4.39 Å². The van der Waals surface area contributed by atoms with Crippen molar-refractivity contribution in [1.82, 2.24) is 0 Å². The SMILES string of the molecule is Fc1ccc2c(c1)CCC2Nc1cc(Cl)cc(Cl)c1. The van der Waals surface area contributed by atoms with Crippen LogP contribution in [0, 0.1) is 5.82 Å². The Morgan fingerprint density at radius 2 is 1.79 bits per heavy atom. The van der Waals surface area contributed by atoms with Gasteiger partial charge >= 0.3 is 0 Å². The molecule has 1 aliphatic carbocycles. The Kier molecular flexibility index (Phi) is 3.38. The second-order valence-electron chi connectivity index (χ2n) is 4.74. The van der Waals surface area contributed by atoms with Crippen molar-refractivity contribution < 1.29 is 4.39 Å². The number of anilines is 1. The highest BCUT2D eigenvalue weighted by atomic mass is 35.5. The Balaban J connectivity index is 1.86. The minimum absolute atomic E-state index is 0.176. The smallest absolute Gasteiger partial charge is 0.123 e. The summed E-state index contributed by atoms with van der Waals surface area (Å²) in [6.07, 6.45) is 1.84. The minimum atomic E-state index is -0.176. The van der Waals surface area contributed by atoms with Crippen molar-refractivity contribution in [1.29, 1.82) is 0 Å². The second-order valence-corrected chi connectivity index (χ2v) is 5.61. The number of rotatable bonds is 2. The van der Waals surface area contributed by atoms with Gasteiger partial charge in [0.05, 0.1) is 6.04 Å². The number of fused-ring (bicyclic) bond motifs is 1. The quantitative estimate of drug-likeness (QED) is 0.800. The van der Waals surface area contributed by atoms with Gasteiger partial charge in [-0.05, 0) is 54.3 Å². The van der Waals surface area contributed by atoms with Crippen LogP contribution in [0.25, 0.3) is 0 Å². The molecule has 2 aromatic carbocycles. The van der Waals surface area contributed by atoms with Crippen molar-refractivity contribution in [2.45, 2.75) is 18.9 Å². The molecule has 1 aliphatic rings. The maximum atomic E-state index is 13.2. The lowest BCUT2D eigenvalue weighted by Gasteiger charge is -2.16. The van der Waals surface area contributed by atoms with Gasteiger partial charge in [-0.3, -0.25) is 0 Å². The van der Waals surface area contributed by atoms with Crippen LogP contribution >= 0.6 is 23.2 Å². The van der Waals surface area contributed by atoms with E-state index in [-0.39, 0.29) is 11.9 Å². The molecule has 1 nitrogen and oxygen atoms in total. The van der Waals surface area contributed by atoms with Crippen molar-refractivity contribution >= 4 is 28.9 Å². The maximum Gasteiger partial charge on any atom is 0.123 e. The average molecular weight is 296 g/mol. The molecular weight excluding hydrogens is 284 g/mol. The lowest BCUT2D eigenvalue weighted by Crippen LogP contribution is -2.07. The van der Waals surface area contributed by atoms with E-state index in [0.717, 1.165) is 29.7 Å². The van der Waals surface area contributed by atoms with Gasteiger partial charge in [-0.2, -0.15) is 0 Å². The van der Waals surface area contributed by atoms with Gasteiger partial charge in [-0.15, -0.1) is 0 Å². The molecule has 0 saturated heterocycles. The number of halogens is 3. The molecule has 0 saturated carbocycles. The Hall–Kier alpha value is -1.25. The predicted molar refractivity (Wildman–Crippen MR) is 77.5 cm³/mol. The van der Waals surface area contributed by atoms with Crippen LogP contribution in [0.4, 0.5) is 10.1 Å². The third-order valence-corrected chi connectivity index (χ3v) is 3.82. The topological polar surface area (TPSA) is 12.0 Å². The summed E-state index contributed by atoms with van der Waals surface area (Å²) in [6, 6.07) is 10.5. The van der Waals surface area contributed by atoms with E-state index in [1.54, 1.807) is 12.1 Å². The highest BCUT2D eigenvalue weighted by Crippen LogP contribution is 2.35. The number of benzene rings is 2. The van der Waals surface area contributed by atoms with Gasteiger partial charge in [0.25, 0.3) is 0 Å². The Labute approximate surface area is 121 Å². The highest BCUT2D eigenvalue weighted by Gasteiger charge is 2.22. The molecule has 0 heterocycles. The molecule has 0 radical (unpaired) electrons. The molecule has 4 heteroatoms. The van der Waals surface area contributed by atoms with Crippen molar-refractivity contribution in [2.75, 3.05) is 5.32 Å². The van der Waals surface area contributed by atoms with Crippen molar-refractivity contribution in [3.8, 4) is 0 Å². The van der Waals surface area contributed by atoms with E-state index in [1.807, 2.05) is 18.2 Å². The molecule has 0 aromatic heterocycles. The highest BCUT2D eigenvalue weighted by molar-refractivity contribution is 6.35. The van der Waals surface area contributed by atoms with Crippen LogP contribution in [0.2, 0.25) is 10.0 Å². The first kappa shape index (κ1) is 12.8. The van der Waals surface area contributed by atoms with E-state index in [9.17, 15) is 4.39 Å². The van der Waals surface area contributed by atoms with E-state index in [2.05, 4.69) is 5.32 Å². The van der Waals surface area contributed by atoms with E-state index >= 15 is 0 Å². The van der Waals surface area contributed by atoms with E-state index < -0.39 is 0 Å². The third-order valence-electron chi connectivity index (χ3n) is 3.39. The zero-order valence-electron chi connectivity index (χ0n) is 10.1. The lowest BCUT2D eigenvalue weighted by molar-refractivity contribution is 0.626. The Bertz CT molecular complexity index is 607. The van der Waals surface area contributed by atoms with Gasteiger partial charge in [-0.1, -0.05) is 29.3 Å². The summed E-state index contributed by atoms with van der Waals surface area (Å²) in [5.41, 5.74) is 3.11. The third kappa shape index (κ3) is 2.70. The summed E-state index contributed by atoms with van der Waals surface area (Å²) < 4.78 is 13.2. The van der Waals surface area contributed by atoms with Crippen molar-refractivity contribution in [3.63, 3.8) is 0 Å². The van der Waals surface area contributed by atoms with Gasteiger partial charge < -0.3 is 5.32 Å². The van der Waals surface area contributed by atoms with E-state index in [1.165, 1.54) is 6.07 Å². The van der Waals surface area contributed by atoms with Gasteiger partial charge in [0.2, 0.25) is 0 Å². The van der Waals surface area contributed by atoms with Gasteiger partial charge in [0.1, 0.15) is 5.82 Å². The lowest BCUT2D eigenvalue weighted by atomic mass is 10.1. The first-order valence-corrected chi connectivity index (χ1v) is 6.88. The van der Waals surface area contributed by atoms with Crippen LogP contribution in [0.5, 0.6) is 0 Å². The standard InChI is InChI=1S/C15H12Cl2FN/c16-10-6-11(17)8-13(7-10)19-15-4-1-9-5-12(18)2-3-14(9)15/h2-3,5-8,15,19H,1,4H2. The number of hydrogen-bond acceptors (Lipinski definition) is 1. The van der Waals surface area contributed by atoms with Crippen LogP contribution in [0.1, 0.15) is 23.6 Å². The summed E-state index contributed by atoms with van der Waals surface area (Å²) in [5.74, 6) is -0.176. The molecule has 1 unspecified atom stereocenters. The number of nitrogens with one attached hydrogen (secondary N) is 1. The van der Waals surface area contributed by atoms with Crippen LogP contribution in [0.15, 0.2) is 36.4 Å². The Morgan fingerprint density at radius 3 is 2.53 bits per heavy atom. The molecule has 0 aliphatic heterocycles. The van der Waals surface area contributed by atoms with Crippen LogP contribution < -0.4 is 5.32 Å². The first-order chi connectivity index (χ1) is 9.11. The number of hydrogen-bond donors (Lipinski definition) is 1. The molecular formula is C15H12Cl2FN. The molecule has 0 spiro atoms. The maximum absolute atomic E-state index is 13.2. The fourth-order valence-electron chi connectivity index (χ4n) is 2.57. The van der Waals surface area contributed by atoms with E-state index in [4.69, 9.17) is 23.2 Å². The largest absolute Gasteiger partial charge is 0.378 e. The molecule has 0 bridgehead atoms. The van der Waals surface area contributed by atoms with E-state index in [0.29, 0.717) is 10.0 Å². The Morgan fingerprint density at radius 1 is 1.05 bits per heavy atom. The van der Waals surface area contributed by atoms with Crippen LogP contribution in [0.3, 0.4) is 0 Å². The molecule has 1 N–H and O–H groups in total. The minimum Gasteiger partial charge on any atom is -0.378 e. The summed E-state index contributed by atoms with van der Waals surface area (Å²) in [4.78, 5) is 0. The fraction of sp³-hybridized carbons (Fsp3) is 0.200. The summed E-state index contributed by atoms with van der Waals surface area (Å²) in [6.45, 7) is 0. The summed E-state index contributed by atoms with van der Waals surface area (Å²) in [7, 11) is 0. The molecule has 0 amide bonds. The fourth-order valence-corrected chi connectivity index (χ4v) is 3.10. The molecule has 98 valence electrons. The summed E-state index contributed by atoms with van der Waals surface area (Å²) in [5, 5.41) is 4.61. The molecule has 3 rings (SSSR count). The van der Waals surface area contributed by atoms with Crippen LogP contribution in [-0.2, 0) is 6.42 Å². The van der Waals surface area contributed by atoms with Crippen molar-refractivity contribution in [3.05, 3.63) is 63.4 Å². The van der Waals surface area contributed by atoms with Gasteiger partial charge in [0, 0.05) is 15.7 Å². The number of aryl methyl sites for hydroxylation is 1. The zero-order valence-corrected chi connectivity index (χ0v) is 11.6. The molecule has 0 fully saturated rings. The summed E-state index contributed by atoms with van der Waals surface area (Å²) >= 11 is 12.0. The monoisotopic (exact) mass is 295 g/mol. The zero-order chi connectivity index (χ0) is 13.4. The van der Waals surface area contributed by atoms with Crippen molar-refractivity contribution in [2.24, 2.45) is 0 Å². The molecule has 19 heavy (non-hydrogen) atoms. The second kappa shape index (κ2) is 5.03.